The van der Waals surface area contributed by atoms with Crippen LogP contribution in [0.3, 0.4) is 0 Å². The van der Waals surface area contributed by atoms with Crippen molar-refractivity contribution in [2.24, 2.45) is 0 Å². The Morgan fingerprint density at radius 1 is 0.333 bits per heavy atom. The molecule has 12 rings (SSSR count). The Labute approximate surface area is 326 Å². The van der Waals surface area contributed by atoms with E-state index in [0.29, 0.717) is 17.5 Å². The maximum atomic E-state index is 6.50. The summed E-state index contributed by atoms with van der Waals surface area (Å²) in [7, 11) is 0. The lowest BCUT2D eigenvalue weighted by Gasteiger charge is -2.12. The van der Waals surface area contributed by atoms with Crippen LogP contribution in [0.5, 0.6) is 0 Å². The fourth-order valence-electron chi connectivity index (χ4n) is 8.62. The van der Waals surface area contributed by atoms with Crippen LogP contribution in [0, 0.1) is 0 Å². The highest BCUT2D eigenvalue weighted by Crippen LogP contribution is 2.44. The molecule has 0 N–H and O–H groups in total. The minimum absolute atomic E-state index is 0.609. The SMILES string of the molecule is c1ccc(-c2nc(-c3ccccc3)nc(-c3cccc(-n4c5cc6c7ccccc7n(-c7ccccc7)c6cc5c5ccc6oc7ccccc7c6c54)c3)n2)cc1. The molecule has 0 saturated heterocycles. The molecule has 0 saturated carbocycles. The van der Waals surface area contributed by atoms with Gasteiger partial charge in [0.25, 0.3) is 0 Å². The quantitative estimate of drug-likeness (QED) is 0.177. The fraction of sp³-hybridized carbons (Fsp3) is 0. The molecule has 8 aromatic carbocycles. The number of benzene rings is 8. The maximum absolute atomic E-state index is 6.50. The highest BCUT2D eigenvalue weighted by Gasteiger charge is 2.23. The number of hydrogen-bond donors (Lipinski definition) is 0. The van der Waals surface area contributed by atoms with Gasteiger partial charge in [0.15, 0.2) is 17.5 Å². The summed E-state index contributed by atoms with van der Waals surface area (Å²) >= 11 is 0. The zero-order valence-corrected chi connectivity index (χ0v) is 30.5. The number of para-hydroxylation sites is 3. The zero-order valence-electron chi connectivity index (χ0n) is 30.5. The third kappa shape index (κ3) is 4.87. The summed E-state index contributed by atoms with van der Waals surface area (Å²) in [6.45, 7) is 0. The third-order valence-electron chi connectivity index (χ3n) is 11.1. The van der Waals surface area contributed by atoms with Crippen LogP contribution in [0.2, 0.25) is 0 Å². The Balaban J connectivity index is 1.17. The van der Waals surface area contributed by atoms with Crippen molar-refractivity contribution in [1.29, 1.82) is 0 Å². The molecule has 0 atom stereocenters. The van der Waals surface area contributed by atoms with Gasteiger partial charge in [-0.3, -0.25) is 0 Å². The monoisotopic (exact) mass is 729 g/mol. The molecular formula is C51H31N5O. The van der Waals surface area contributed by atoms with Crippen molar-refractivity contribution in [1.82, 2.24) is 24.1 Å². The number of aromatic nitrogens is 5. The number of hydrogen-bond acceptors (Lipinski definition) is 4. The smallest absolute Gasteiger partial charge is 0.164 e. The fourth-order valence-corrected chi connectivity index (χ4v) is 8.62. The zero-order chi connectivity index (χ0) is 37.5. The first-order valence-electron chi connectivity index (χ1n) is 19.1. The maximum Gasteiger partial charge on any atom is 0.164 e. The molecule has 12 aromatic rings. The van der Waals surface area contributed by atoms with E-state index in [1.54, 1.807) is 0 Å². The molecule has 6 nitrogen and oxygen atoms in total. The molecule has 0 aliphatic carbocycles. The summed E-state index contributed by atoms with van der Waals surface area (Å²) in [5.41, 5.74) is 11.1. The van der Waals surface area contributed by atoms with Crippen LogP contribution in [0.25, 0.3) is 111 Å². The standard InChI is InChI=1S/C51H31N5O/c1-4-15-32(16-5-1)49-52-50(33-17-6-2-7-18-33)54-51(53-49)34-19-14-22-36(29-34)56-44-30-40-37-23-10-12-25-42(37)55(35-20-8-3-9-21-35)43(40)31-41(44)38-27-28-46-47(48(38)56)39-24-11-13-26-45(39)57-46/h1-31H. The molecule has 57 heavy (non-hydrogen) atoms. The van der Waals surface area contributed by atoms with Crippen LogP contribution in [-0.2, 0) is 0 Å². The van der Waals surface area contributed by atoms with Crippen LogP contribution in [-0.4, -0.2) is 24.1 Å². The van der Waals surface area contributed by atoms with Crippen LogP contribution < -0.4 is 0 Å². The average Bonchev–Trinajstić information content (AvgIpc) is 3.93. The Hall–Kier alpha value is -7.83. The lowest BCUT2D eigenvalue weighted by atomic mass is 10.1. The van der Waals surface area contributed by atoms with Crippen LogP contribution in [0.1, 0.15) is 0 Å². The molecule has 0 fully saturated rings. The minimum atomic E-state index is 0.609. The number of fused-ring (bicyclic) bond motifs is 10. The van der Waals surface area contributed by atoms with Gasteiger partial charge in [-0.1, -0.05) is 127 Å². The lowest BCUT2D eigenvalue weighted by Crippen LogP contribution is -2.01. The normalized spacial score (nSPS) is 11.9. The van der Waals surface area contributed by atoms with Gasteiger partial charge in [0.1, 0.15) is 11.2 Å². The van der Waals surface area contributed by atoms with E-state index in [2.05, 4.69) is 124 Å². The molecule has 6 heteroatoms. The second kappa shape index (κ2) is 12.3. The van der Waals surface area contributed by atoms with E-state index in [1.807, 2.05) is 72.8 Å². The van der Waals surface area contributed by atoms with Gasteiger partial charge in [-0.2, -0.15) is 0 Å². The molecule has 0 spiro atoms. The van der Waals surface area contributed by atoms with Crippen molar-refractivity contribution in [3.05, 3.63) is 188 Å². The second-order valence-corrected chi connectivity index (χ2v) is 14.4. The van der Waals surface area contributed by atoms with Gasteiger partial charge in [0.05, 0.1) is 27.5 Å². The summed E-state index contributed by atoms with van der Waals surface area (Å²) < 4.78 is 11.3. The molecule has 4 aromatic heterocycles. The Bertz CT molecular complexity index is 3450. The van der Waals surface area contributed by atoms with E-state index in [9.17, 15) is 0 Å². The predicted octanol–water partition coefficient (Wildman–Crippen LogP) is 13.0. The summed E-state index contributed by atoms with van der Waals surface area (Å²) in [4.78, 5) is 15.1. The summed E-state index contributed by atoms with van der Waals surface area (Å²) in [5, 5.41) is 6.87. The number of nitrogens with zero attached hydrogens (tertiary/aromatic N) is 5. The average molecular weight is 730 g/mol. The second-order valence-electron chi connectivity index (χ2n) is 14.4. The molecule has 0 aliphatic rings. The highest BCUT2D eigenvalue weighted by atomic mass is 16.3. The molecule has 0 bridgehead atoms. The molecule has 0 amide bonds. The van der Waals surface area contributed by atoms with Gasteiger partial charge < -0.3 is 13.6 Å². The number of rotatable bonds is 5. The van der Waals surface area contributed by atoms with Crippen molar-refractivity contribution >= 4 is 65.6 Å². The summed E-state index contributed by atoms with van der Waals surface area (Å²) in [6.07, 6.45) is 0. The van der Waals surface area contributed by atoms with Gasteiger partial charge in [-0.15, -0.1) is 0 Å². The third-order valence-corrected chi connectivity index (χ3v) is 11.1. The summed E-state index contributed by atoms with van der Waals surface area (Å²) in [5.74, 6) is 1.87. The van der Waals surface area contributed by atoms with Crippen LogP contribution >= 0.6 is 0 Å². The minimum Gasteiger partial charge on any atom is -0.456 e. The molecule has 0 aliphatic heterocycles. The van der Waals surface area contributed by atoms with Crippen LogP contribution in [0.4, 0.5) is 0 Å². The van der Waals surface area contributed by atoms with E-state index >= 15 is 0 Å². The van der Waals surface area contributed by atoms with Crippen molar-refractivity contribution < 1.29 is 4.42 Å². The topological polar surface area (TPSA) is 61.7 Å². The van der Waals surface area contributed by atoms with Gasteiger partial charge in [0, 0.05) is 55.0 Å². The molecule has 4 heterocycles. The first-order chi connectivity index (χ1) is 28.3. The van der Waals surface area contributed by atoms with E-state index < -0.39 is 0 Å². The number of furan rings is 1. The van der Waals surface area contributed by atoms with Gasteiger partial charge >= 0.3 is 0 Å². The summed E-state index contributed by atoms with van der Waals surface area (Å²) in [6, 6.07) is 65.5. The molecule has 0 radical (unpaired) electrons. The largest absolute Gasteiger partial charge is 0.456 e. The van der Waals surface area contributed by atoms with E-state index in [4.69, 9.17) is 19.4 Å². The Morgan fingerprint density at radius 3 is 1.60 bits per heavy atom. The first-order valence-corrected chi connectivity index (χ1v) is 19.1. The van der Waals surface area contributed by atoms with E-state index in [0.717, 1.165) is 77.3 Å². The van der Waals surface area contributed by atoms with Gasteiger partial charge in [0.2, 0.25) is 0 Å². The van der Waals surface area contributed by atoms with Crippen molar-refractivity contribution in [2.45, 2.75) is 0 Å². The van der Waals surface area contributed by atoms with E-state index in [-0.39, 0.29) is 0 Å². The highest BCUT2D eigenvalue weighted by molar-refractivity contribution is 6.26. The Kier molecular flexibility index (Phi) is 6.83. The van der Waals surface area contributed by atoms with Crippen molar-refractivity contribution in [2.75, 3.05) is 0 Å². The molecule has 0 unspecified atom stereocenters. The Morgan fingerprint density at radius 2 is 0.877 bits per heavy atom. The first kappa shape index (κ1) is 31.5. The van der Waals surface area contributed by atoms with Gasteiger partial charge in [-0.05, 0) is 60.7 Å². The van der Waals surface area contributed by atoms with Gasteiger partial charge in [-0.25, -0.2) is 15.0 Å². The molecular weight excluding hydrogens is 699 g/mol. The van der Waals surface area contributed by atoms with Crippen molar-refractivity contribution in [3.63, 3.8) is 0 Å². The predicted molar refractivity (Wildman–Crippen MR) is 232 cm³/mol. The van der Waals surface area contributed by atoms with Crippen LogP contribution in [0.15, 0.2) is 192 Å². The molecule has 266 valence electrons. The van der Waals surface area contributed by atoms with E-state index in [1.165, 1.54) is 16.3 Å². The lowest BCUT2D eigenvalue weighted by molar-refractivity contribution is 0.669. The van der Waals surface area contributed by atoms with Crippen molar-refractivity contribution in [3.8, 4) is 45.5 Å².